The molecule has 1 heterocycles. The number of amides is 1. The maximum atomic E-state index is 12.0. The van der Waals surface area contributed by atoms with Crippen molar-refractivity contribution >= 4 is 5.91 Å². The van der Waals surface area contributed by atoms with Gasteiger partial charge in [-0.25, -0.2) is 0 Å². The van der Waals surface area contributed by atoms with Crippen molar-refractivity contribution in [3.63, 3.8) is 0 Å². The van der Waals surface area contributed by atoms with E-state index in [2.05, 4.69) is 31.0 Å². The molecule has 0 spiro atoms. The Morgan fingerprint density at radius 2 is 2.10 bits per heavy atom. The zero-order valence-corrected chi connectivity index (χ0v) is 14.0. The highest BCUT2D eigenvalue weighted by Gasteiger charge is 2.46. The Morgan fingerprint density at radius 3 is 2.76 bits per heavy atom. The summed E-state index contributed by atoms with van der Waals surface area (Å²) >= 11 is 0. The number of likely N-dealkylation sites (tertiary alicyclic amines) is 1. The van der Waals surface area contributed by atoms with Gasteiger partial charge < -0.3 is 16.0 Å². The molecule has 3 N–H and O–H groups in total. The number of piperidine rings is 1. The molecular weight excluding hydrogens is 262 g/mol. The third kappa shape index (κ3) is 3.42. The highest BCUT2D eigenvalue weighted by Crippen LogP contribution is 2.38. The Morgan fingerprint density at radius 1 is 1.33 bits per heavy atom. The second kappa shape index (κ2) is 7.10. The molecule has 2 aliphatic rings. The van der Waals surface area contributed by atoms with Gasteiger partial charge in [0, 0.05) is 6.04 Å². The van der Waals surface area contributed by atoms with Gasteiger partial charge in [0.25, 0.3) is 0 Å². The molecule has 0 aromatic carbocycles. The molecule has 1 amide bonds. The zero-order chi connectivity index (χ0) is 15.5. The van der Waals surface area contributed by atoms with Crippen LogP contribution in [0.1, 0.15) is 59.3 Å². The standard InChI is InChI=1S/C17H33N3O/c1-4-19-17(16(18)21)10-5-8-15(17)9-12-20-11-6-7-13(2)14(20)3/h13-15,19H,4-12H2,1-3H3,(H2,18,21). The molecule has 122 valence electrons. The number of nitrogens with one attached hydrogen (secondary N) is 1. The molecule has 4 unspecified atom stereocenters. The van der Waals surface area contributed by atoms with E-state index in [0.29, 0.717) is 12.0 Å². The number of hydrogen-bond acceptors (Lipinski definition) is 3. The van der Waals surface area contributed by atoms with Crippen LogP contribution in [-0.2, 0) is 4.79 Å². The van der Waals surface area contributed by atoms with Crippen LogP contribution >= 0.6 is 0 Å². The highest BCUT2D eigenvalue weighted by atomic mass is 16.1. The van der Waals surface area contributed by atoms with Crippen LogP contribution in [0.2, 0.25) is 0 Å². The van der Waals surface area contributed by atoms with Crippen molar-refractivity contribution in [2.75, 3.05) is 19.6 Å². The van der Waals surface area contributed by atoms with E-state index in [1.165, 1.54) is 19.4 Å². The first-order chi connectivity index (χ1) is 10.0. The van der Waals surface area contributed by atoms with Gasteiger partial charge in [-0.3, -0.25) is 4.79 Å². The Balaban J connectivity index is 1.96. The molecule has 0 radical (unpaired) electrons. The molecule has 1 saturated heterocycles. The second-order valence-electron chi connectivity index (χ2n) is 7.14. The van der Waals surface area contributed by atoms with E-state index >= 15 is 0 Å². The molecule has 4 nitrogen and oxygen atoms in total. The van der Waals surface area contributed by atoms with Crippen LogP contribution in [0.4, 0.5) is 0 Å². The fourth-order valence-electron chi connectivity index (χ4n) is 4.49. The lowest BCUT2D eigenvalue weighted by Gasteiger charge is -2.40. The van der Waals surface area contributed by atoms with Crippen LogP contribution in [0.5, 0.6) is 0 Å². The summed E-state index contributed by atoms with van der Waals surface area (Å²) in [5.41, 5.74) is 5.31. The van der Waals surface area contributed by atoms with Crippen molar-refractivity contribution in [3.05, 3.63) is 0 Å². The Hall–Kier alpha value is -0.610. The Kier molecular flexibility index (Phi) is 5.67. The first-order valence-electron chi connectivity index (χ1n) is 8.80. The normalized spacial score (nSPS) is 37.8. The van der Waals surface area contributed by atoms with Gasteiger partial charge in [-0.1, -0.05) is 20.3 Å². The maximum Gasteiger partial charge on any atom is 0.238 e. The maximum absolute atomic E-state index is 12.0. The predicted molar refractivity (Wildman–Crippen MR) is 87.0 cm³/mol. The second-order valence-corrected chi connectivity index (χ2v) is 7.14. The molecule has 2 rings (SSSR count). The smallest absolute Gasteiger partial charge is 0.238 e. The lowest BCUT2D eigenvalue weighted by atomic mass is 9.83. The largest absolute Gasteiger partial charge is 0.368 e. The van der Waals surface area contributed by atoms with E-state index < -0.39 is 5.54 Å². The van der Waals surface area contributed by atoms with E-state index in [1.54, 1.807) is 0 Å². The lowest BCUT2D eigenvalue weighted by molar-refractivity contribution is -0.126. The summed E-state index contributed by atoms with van der Waals surface area (Å²) in [5.74, 6) is 1.04. The van der Waals surface area contributed by atoms with E-state index in [9.17, 15) is 4.79 Å². The molecule has 1 aliphatic heterocycles. The number of primary amides is 1. The summed E-state index contributed by atoms with van der Waals surface area (Å²) in [6.07, 6.45) is 6.91. The molecule has 1 aliphatic carbocycles. The number of carbonyl (C=O) groups excluding carboxylic acids is 1. The van der Waals surface area contributed by atoms with E-state index in [4.69, 9.17) is 5.73 Å². The summed E-state index contributed by atoms with van der Waals surface area (Å²) in [5, 5.41) is 3.42. The average Bonchev–Trinajstić information content (AvgIpc) is 2.85. The molecule has 2 fully saturated rings. The number of rotatable bonds is 6. The first kappa shape index (κ1) is 16.8. The SMILES string of the molecule is CCNC1(C(N)=O)CCCC1CCN1CCCC(C)C1C. The van der Waals surface area contributed by atoms with Crippen LogP contribution in [-0.4, -0.2) is 42.0 Å². The van der Waals surface area contributed by atoms with Gasteiger partial charge >= 0.3 is 0 Å². The minimum atomic E-state index is -0.445. The zero-order valence-electron chi connectivity index (χ0n) is 14.0. The molecule has 1 saturated carbocycles. The van der Waals surface area contributed by atoms with Gasteiger partial charge in [-0.15, -0.1) is 0 Å². The summed E-state index contributed by atoms with van der Waals surface area (Å²) in [7, 11) is 0. The van der Waals surface area contributed by atoms with Crippen molar-refractivity contribution in [1.29, 1.82) is 0 Å². The van der Waals surface area contributed by atoms with E-state index in [-0.39, 0.29) is 5.91 Å². The monoisotopic (exact) mass is 295 g/mol. The number of hydrogen-bond donors (Lipinski definition) is 2. The third-order valence-corrected chi connectivity index (χ3v) is 6.02. The number of nitrogens with zero attached hydrogens (tertiary/aromatic N) is 1. The van der Waals surface area contributed by atoms with Gasteiger partial charge in [0.05, 0.1) is 0 Å². The molecule has 0 bridgehead atoms. The van der Waals surface area contributed by atoms with Crippen LogP contribution in [0, 0.1) is 11.8 Å². The van der Waals surface area contributed by atoms with Crippen molar-refractivity contribution in [3.8, 4) is 0 Å². The summed E-state index contributed by atoms with van der Waals surface area (Å²) in [4.78, 5) is 14.7. The molecule has 4 heteroatoms. The van der Waals surface area contributed by atoms with Gasteiger partial charge in [-0.05, 0) is 70.5 Å². The minimum absolute atomic E-state index is 0.146. The minimum Gasteiger partial charge on any atom is -0.368 e. The highest BCUT2D eigenvalue weighted by molar-refractivity contribution is 5.85. The fourth-order valence-corrected chi connectivity index (χ4v) is 4.49. The van der Waals surface area contributed by atoms with Crippen molar-refractivity contribution in [1.82, 2.24) is 10.2 Å². The van der Waals surface area contributed by atoms with Crippen LogP contribution in [0.3, 0.4) is 0 Å². The number of likely N-dealkylation sites (N-methyl/N-ethyl adjacent to an activating group) is 1. The summed E-state index contributed by atoms with van der Waals surface area (Å²) in [6.45, 7) is 9.91. The number of carbonyl (C=O) groups is 1. The Labute approximate surface area is 129 Å². The van der Waals surface area contributed by atoms with Gasteiger partial charge in [0.1, 0.15) is 5.54 Å². The van der Waals surface area contributed by atoms with Crippen LogP contribution < -0.4 is 11.1 Å². The van der Waals surface area contributed by atoms with Crippen molar-refractivity contribution in [2.45, 2.75) is 70.9 Å². The van der Waals surface area contributed by atoms with Gasteiger partial charge in [0.2, 0.25) is 5.91 Å². The lowest BCUT2D eigenvalue weighted by Crippen LogP contribution is -2.58. The molecule has 0 aromatic rings. The van der Waals surface area contributed by atoms with Gasteiger partial charge in [0.15, 0.2) is 0 Å². The molecule has 4 atom stereocenters. The Bertz CT molecular complexity index is 360. The third-order valence-electron chi connectivity index (χ3n) is 6.02. The average molecular weight is 295 g/mol. The van der Waals surface area contributed by atoms with Crippen molar-refractivity contribution in [2.24, 2.45) is 17.6 Å². The number of nitrogens with two attached hydrogens (primary N) is 1. The van der Waals surface area contributed by atoms with Crippen LogP contribution in [0.15, 0.2) is 0 Å². The van der Waals surface area contributed by atoms with E-state index in [1.807, 2.05) is 0 Å². The summed E-state index contributed by atoms with van der Waals surface area (Å²) in [6, 6.07) is 0.669. The molecule has 21 heavy (non-hydrogen) atoms. The summed E-state index contributed by atoms with van der Waals surface area (Å²) < 4.78 is 0. The first-order valence-corrected chi connectivity index (χ1v) is 8.80. The quantitative estimate of drug-likeness (QED) is 0.789. The molecule has 0 aromatic heterocycles. The topological polar surface area (TPSA) is 58.4 Å². The molecular formula is C17H33N3O. The van der Waals surface area contributed by atoms with E-state index in [0.717, 1.165) is 44.7 Å². The predicted octanol–water partition coefficient (Wildman–Crippen LogP) is 2.13. The van der Waals surface area contributed by atoms with Gasteiger partial charge in [-0.2, -0.15) is 0 Å². The van der Waals surface area contributed by atoms with Crippen LogP contribution in [0.25, 0.3) is 0 Å². The fraction of sp³-hybridized carbons (Fsp3) is 0.941. The van der Waals surface area contributed by atoms with Crippen molar-refractivity contribution < 1.29 is 4.79 Å².